The number of carbonyl (C=O) groups is 1. The summed E-state index contributed by atoms with van der Waals surface area (Å²) in [6.07, 6.45) is -0.915. The lowest BCUT2D eigenvalue weighted by Gasteiger charge is -2.28. The van der Waals surface area contributed by atoms with E-state index in [2.05, 4.69) is 0 Å². The molecular formula is C26H30N2O4. The molecule has 3 aromatic carbocycles. The molecular weight excluding hydrogens is 404 g/mol. The van der Waals surface area contributed by atoms with Crippen LogP contribution in [0.1, 0.15) is 16.7 Å². The fourth-order valence-electron chi connectivity index (χ4n) is 3.39. The maximum Gasteiger partial charge on any atom is 0.410 e. The second kappa shape index (κ2) is 11.9. The Morgan fingerprint density at radius 2 is 1.56 bits per heavy atom. The van der Waals surface area contributed by atoms with Crippen LogP contribution in [0.5, 0.6) is 5.75 Å². The minimum Gasteiger partial charge on any atom is -0.497 e. The van der Waals surface area contributed by atoms with Gasteiger partial charge >= 0.3 is 6.09 Å². The van der Waals surface area contributed by atoms with E-state index in [9.17, 15) is 9.90 Å². The Labute approximate surface area is 189 Å². The van der Waals surface area contributed by atoms with E-state index < -0.39 is 18.2 Å². The van der Waals surface area contributed by atoms with Crippen LogP contribution >= 0.6 is 0 Å². The van der Waals surface area contributed by atoms with Crippen LogP contribution in [0.4, 0.5) is 4.79 Å². The number of nitrogens with zero attached hydrogens (tertiary/aromatic N) is 1. The van der Waals surface area contributed by atoms with E-state index >= 15 is 0 Å². The number of carbonyl (C=O) groups excluding carboxylic acids is 1. The Balaban J connectivity index is 1.68. The smallest absolute Gasteiger partial charge is 0.410 e. The van der Waals surface area contributed by atoms with Gasteiger partial charge in [0.2, 0.25) is 0 Å². The third kappa shape index (κ3) is 7.11. The third-order valence-corrected chi connectivity index (χ3v) is 5.19. The molecule has 0 fully saturated rings. The highest BCUT2D eigenvalue weighted by atomic mass is 16.6. The van der Waals surface area contributed by atoms with Gasteiger partial charge in [0, 0.05) is 12.6 Å². The number of aliphatic hydroxyl groups is 1. The summed E-state index contributed by atoms with van der Waals surface area (Å²) in [5.41, 5.74) is 9.04. The molecule has 168 valence electrons. The number of rotatable bonds is 10. The van der Waals surface area contributed by atoms with Gasteiger partial charge in [-0.3, -0.25) is 0 Å². The number of hydrogen-bond donors (Lipinski definition) is 2. The van der Waals surface area contributed by atoms with E-state index in [1.165, 1.54) is 4.90 Å². The van der Waals surface area contributed by atoms with Crippen molar-refractivity contribution in [2.24, 2.45) is 5.73 Å². The predicted octanol–water partition coefficient (Wildman–Crippen LogP) is 3.76. The molecule has 0 radical (unpaired) electrons. The van der Waals surface area contributed by atoms with Crippen LogP contribution in [0.2, 0.25) is 0 Å². The zero-order valence-corrected chi connectivity index (χ0v) is 18.3. The van der Waals surface area contributed by atoms with Gasteiger partial charge in [-0.2, -0.15) is 0 Å². The van der Waals surface area contributed by atoms with Gasteiger partial charge in [0.15, 0.2) is 0 Å². The molecule has 1 amide bonds. The summed E-state index contributed by atoms with van der Waals surface area (Å²) in [5.74, 6) is 0.696. The van der Waals surface area contributed by atoms with Gasteiger partial charge < -0.3 is 25.2 Å². The zero-order chi connectivity index (χ0) is 22.8. The number of aliphatic hydroxyl groups excluding tert-OH is 1. The van der Waals surface area contributed by atoms with E-state index in [0.717, 1.165) is 16.7 Å². The Kier molecular flexibility index (Phi) is 8.66. The SMILES string of the molecule is COc1cccc(CN(C[C@@H](O)[C@@H](N)Cc2ccccc2)C(=O)OCc2ccccc2)c1. The van der Waals surface area contributed by atoms with E-state index in [1.807, 2.05) is 84.9 Å². The van der Waals surface area contributed by atoms with Gasteiger partial charge in [0.1, 0.15) is 12.4 Å². The Hall–Kier alpha value is -3.35. The molecule has 3 rings (SSSR count). The highest BCUT2D eigenvalue weighted by Gasteiger charge is 2.24. The fourth-order valence-corrected chi connectivity index (χ4v) is 3.39. The lowest BCUT2D eigenvalue weighted by atomic mass is 10.0. The molecule has 0 aliphatic heterocycles. The average Bonchev–Trinajstić information content (AvgIpc) is 2.83. The molecule has 0 unspecified atom stereocenters. The van der Waals surface area contributed by atoms with Crippen molar-refractivity contribution in [2.75, 3.05) is 13.7 Å². The first-order valence-corrected chi connectivity index (χ1v) is 10.6. The summed E-state index contributed by atoms with van der Waals surface area (Å²) < 4.78 is 10.8. The Morgan fingerprint density at radius 1 is 0.938 bits per heavy atom. The van der Waals surface area contributed by atoms with Crippen molar-refractivity contribution in [2.45, 2.75) is 31.7 Å². The van der Waals surface area contributed by atoms with E-state index in [4.69, 9.17) is 15.2 Å². The van der Waals surface area contributed by atoms with Crippen LogP contribution in [0.3, 0.4) is 0 Å². The lowest BCUT2D eigenvalue weighted by molar-refractivity contribution is 0.0575. The van der Waals surface area contributed by atoms with Gasteiger partial charge in [0.05, 0.1) is 19.8 Å². The maximum atomic E-state index is 12.9. The molecule has 0 saturated carbocycles. The molecule has 32 heavy (non-hydrogen) atoms. The summed E-state index contributed by atoms with van der Waals surface area (Å²) in [6.45, 7) is 0.471. The molecule has 0 heterocycles. The number of hydrogen-bond acceptors (Lipinski definition) is 5. The van der Waals surface area contributed by atoms with Crippen LogP contribution in [0.15, 0.2) is 84.9 Å². The topological polar surface area (TPSA) is 85.0 Å². The molecule has 0 aliphatic rings. The summed E-state index contributed by atoms with van der Waals surface area (Å²) >= 11 is 0. The standard InChI is InChI=1S/C26H30N2O4/c1-31-23-14-8-13-22(15-23)17-28(26(30)32-19-21-11-6-3-7-12-21)18-25(29)24(27)16-20-9-4-2-5-10-20/h2-15,24-25,29H,16-19,27H2,1H3/t24-,25+/m0/s1. The van der Waals surface area contributed by atoms with Crippen molar-refractivity contribution in [3.63, 3.8) is 0 Å². The van der Waals surface area contributed by atoms with Crippen LogP contribution in [-0.2, 0) is 24.3 Å². The second-order valence-corrected chi connectivity index (χ2v) is 7.69. The molecule has 2 atom stereocenters. The van der Waals surface area contributed by atoms with Crippen molar-refractivity contribution in [1.29, 1.82) is 0 Å². The van der Waals surface area contributed by atoms with Crippen LogP contribution < -0.4 is 10.5 Å². The molecule has 6 heteroatoms. The molecule has 0 aromatic heterocycles. The predicted molar refractivity (Wildman–Crippen MR) is 124 cm³/mol. The Bertz CT molecular complexity index is 966. The van der Waals surface area contributed by atoms with Crippen molar-refractivity contribution in [3.05, 3.63) is 102 Å². The molecule has 6 nitrogen and oxygen atoms in total. The van der Waals surface area contributed by atoms with Crippen molar-refractivity contribution >= 4 is 6.09 Å². The van der Waals surface area contributed by atoms with Crippen LogP contribution in [-0.4, -0.2) is 41.9 Å². The molecule has 0 spiro atoms. The minimum atomic E-state index is -0.912. The second-order valence-electron chi connectivity index (χ2n) is 7.69. The van der Waals surface area contributed by atoms with Crippen LogP contribution in [0, 0.1) is 0 Å². The van der Waals surface area contributed by atoms with Gasteiger partial charge in [-0.05, 0) is 35.2 Å². The first-order chi connectivity index (χ1) is 15.5. The summed E-state index contributed by atoms with van der Waals surface area (Å²) in [4.78, 5) is 14.4. The highest BCUT2D eigenvalue weighted by Crippen LogP contribution is 2.16. The van der Waals surface area contributed by atoms with Crippen molar-refractivity contribution in [3.8, 4) is 5.75 Å². The van der Waals surface area contributed by atoms with Gasteiger partial charge in [-0.15, -0.1) is 0 Å². The van der Waals surface area contributed by atoms with E-state index in [0.29, 0.717) is 12.2 Å². The summed E-state index contributed by atoms with van der Waals surface area (Å²) in [7, 11) is 1.59. The summed E-state index contributed by atoms with van der Waals surface area (Å²) in [6, 6.07) is 26.1. The lowest BCUT2D eigenvalue weighted by Crippen LogP contribution is -2.46. The monoisotopic (exact) mass is 434 g/mol. The van der Waals surface area contributed by atoms with Crippen molar-refractivity contribution < 1.29 is 19.4 Å². The first-order valence-electron chi connectivity index (χ1n) is 10.6. The molecule has 3 aromatic rings. The van der Waals surface area contributed by atoms with Crippen molar-refractivity contribution in [1.82, 2.24) is 4.90 Å². The normalized spacial score (nSPS) is 12.6. The Morgan fingerprint density at radius 3 is 2.22 bits per heavy atom. The number of amides is 1. The molecule has 0 aliphatic carbocycles. The third-order valence-electron chi connectivity index (χ3n) is 5.19. The molecule has 0 saturated heterocycles. The fraction of sp³-hybridized carbons (Fsp3) is 0.269. The number of nitrogens with two attached hydrogens (primary N) is 1. The number of ether oxygens (including phenoxy) is 2. The quantitative estimate of drug-likeness (QED) is 0.507. The number of methoxy groups -OCH3 is 1. The summed E-state index contributed by atoms with van der Waals surface area (Å²) in [5, 5.41) is 10.8. The zero-order valence-electron chi connectivity index (χ0n) is 18.3. The van der Waals surface area contributed by atoms with Gasteiger partial charge in [-0.1, -0.05) is 72.8 Å². The van der Waals surface area contributed by atoms with Gasteiger partial charge in [-0.25, -0.2) is 4.79 Å². The number of benzene rings is 3. The van der Waals surface area contributed by atoms with E-state index in [-0.39, 0.29) is 19.7 Å². The highest BCUT2D eigenvalue weighted by molar-refractivity contribution is 5.67. The first kappa shape index (κ1) is 23.3. The van der Waals surface area contributed by atoms with Gasteiger partial charge in [0.25, 0.3) is 0 Å². The minimum absolute atomic E-state index is 0.0544. The maximum absolute atomic E-state index is 12.9. The van der Waals surface area contributed by atoms with E-state index in [1.54, 1.807) is 7.11 Å². The van der Waals surface area contributed by atoms with Crippen LogP contribution in [0.25, 0.3) is 0 Å². The average molecular weight is 435 g/mol. The molecule has 3 N–H and O–H groups in total. The molecule has 0 bridgehead atoms. The largest absolute Gasteiger partial charge is 0.497 e.